The van der Waals surface area contributed by atoms with E-state index >= 15 is 0 Å². The van der Waals surface area contributed by atoms with Gasteiger partial charge in [0.15, 0.2) is 11.5 Å². The smallest absolute Gasteiger partial charge is 0.420 e. The molecule has 6 rings (SSSR count). The molecule has 0 radical (unpaired) electrons. The van der Waals surface area contributed by atoms with Crippen molar-refractivity contribution in [1.82, 2.24) is 19.3 Å². The fraction of sp³-hybridized carbons (Fsp3) is 0.226. The molecule has 0 saturated carbocycles. The zero-order chi connectivity index (χ0) is 31.9. The molecule has 3 aromatic carbocycles. The molecule has 0 aliphatic carbocycles. The van der Waals surface area contributed by atoms with E-state index in [-0.39, 0.29) is 22.5 Å². The zero-order valence-corrected chi connectivity index (χ0v) is 23.9. The largest absolute Gasteiger partial charge is 0.493 e. The molecule has 3 heterocycles. The molecule has 2 aromatic heterocycles. The number of ether oxygens (including phenoxy) is 3. The van der Waals surface area contributed by atoms with E-state index in [1.807, 2.05) is 0 Å². The molecule has 0 atom stereocenters. The second kappa shape index (κ2) is 11.6. The second-order valence-electron chi connectivity index (χ2n) is 10.2. The summed E-state index contributed by atoms with van der Waals surface area (Å²) in [4.78, 5) is 35.1. The number of amides is 1. The highest BCUT2D eigenvalue weighted by molar-refractivity contribution is 6.05. The van der Waals surface area contributed by atoms with Gasteiger partial charge in [0, 0.05) is 18.3 Å². The highest BCUT2D eigenvalue weighted by atomic mass is 19.4. The van der Waals surface area contributed by atoms with Gasteiger partial charge in [0.1, 0.15) is 29.0 Å². The number of alkyl halides is 3. The van der Waals surface area contributed by atoms with E-state index in [0.717, 1.165) is 24.9 Å². The highest BCUT2D eigenvalue weighted by Crippen LogP contribution is 2.41. The van der Waals surface area contributed by atoms with Crippen LogP contribution in [0.25, 0.3) is 16.6 Å². The van der Waals surface area contributed by atoms with Gasteiger partial charge in [-0.2, -0.15) is 13.2 Å². The Kier molecular flexibility index (Phi) is 7.64. The molecule has 5 aromatic rings. The van der Waals surface area contributed by atoms with E-state index in [9.17, 15) is 27.2 Å². The van der Waals surface area contributed by atoms with E-state index in [1.165, 1.54) is 61.4 Å². The van der Waals surface area contributed by atoms with Crippen molar-refractivity contribution in [2.24, 2.45) is 0 Å². The number of rotatable bonds is 7. The molecular formula is C31H25F4N5O5. The van der Waals surface area contributed by atoms with Crippen LogP contribution < -0.4 is 25.1 Å². The first kappa shape index (κ1) is 29.7. The van der Waals surface area contributed by atoms with Crippen LogP contribution in [0.15, 0.2) is 65.7 Å². The van der Waals surface area contributed by atoms with E-state index in [1.54, 1.807) is 4.68 Å². The molecule has 0 unspecified atom stereocenters. The van der Waals surface area contributed by atoms with Crippen LogP contribution in [0.5, 0.6) is 23.1 Å². The number of aromatic nitrogens is 4. The van der Waals surface area contributed by atoms with Crippen LogP contribution >= 0.6 is 0 Å². The lowest BCUT2D eigenvalue weighted by Crippen LogP contribution is -2.26. The summed E-state index contributed by atoms with van der Waals surface area (Å²) in [6.07, 6.45) is -1.86. The first-order valence-corrected chi connectivity index (χ1v) is 13.8. The van der Waals surface area contributed by atoms with Crippen LogP contribution in [-0.2, 0) is 19.1 Å². The lowest BCUT2D eigenvalue weighted by molar-refractivity contribution is -0.138. The molecule has 232 valence electrons. The summed E-state index contributed by atoms with van der Waals surface area (Å²) in [6.45, 7) is 0.440. The molecule has 10 nitrogen and oxygen atoms in total. The number of nitrogens with zero attached hydrogens (tertiary/aromatic N) is 4. The number of carbonyl (C=O) groups excluding carboxylic acids is 1. The third-order valence-corrected chi connectivity index (χ3v) is 7.43. The van der Waals surface area contributed by atoms with Gasteiger partial charge in [-0.1, -0.05) is 0 Å². The van der Waals surface area contributed by atoms with Gasteiger partial charge < -0.3 is 19.5 Å². The number of anilines is 1. The second-order valence-corrected chi connectivity index (χ2v) is 10.2. The first-order valence-electron chi connectivity index (χ1n) is 13.8. The van der Waals surface area contributed by atoms with Crippen molar-refractivity contribution in [2.75, 3.05) is 19.5 Å². The number of halogens is 4. The third-order valence-electron chi connectivity index (χ3n) is 7.43. The van der Waals surface area contributed by atoms with Gasteiger partial charge in [0.2, 0.25) is 5.88 Å². The van der Waals surface area contributed by atoms with Crippen molar-refractivity contribution in [3.05, 3.63) is 93.9 Å². The molecule has 1 aliphatic heterocycles. The van der Waals surface area contributed by atoms with Crippen molar-refractivity contribution in [3.8, 4) is 28.8 Å². The summed E-state index contributed by atoms with van der Waals surface area (Å²) >= 11 is 0. The number of hydrogen-bond acceptors (Lipinski definition) is 7. The summed E-state index contributed by atoms with van der Waals surface area (Å²) in [7, 11) is 2.84. The normalized spacial score (nSPS) is 12.9. The Bertz CT molecular complexity index is 1990. The summed E-state index contributed by atoms with van der Waals surface area (Å²) in [5.74, 6) is -1.43. The minimum absolute atomic E-state index is 0.162. The predicted molar refractivity (Wildman–Crippen MR) is 155 cm³/mol. The van der Waals surface area contributed by atoms with Crippen molar-refractivity contribution >= 4 is 22.5 Å². The monoisotopic (exact) mass is 623 g/mol. The van der Waals surface area contributed by atoms with Crippen molar-refractivity contribution in [1.29, 1.82) is 0 Å². The Balaban J connectivity index is 1.35. The van der Waals surface area contributed by atoms with Crippen molar-refractivity contribution < 1.29 is 36.6 Å². The van der Waals surface area contributed by atoms with E-state index in [4.69, 9.17) is 14.2 Å². The molecule has 14 heteroatoms. The quantitative estimate of drug-likeness (QED) is 0.217. The number of nitrogens with one attached hydrogen (secondary N) is 1. The molecule has 0 fully saturated rings. The van der Waals surface area contributed by atoms with Gasteiger partial charge >= 0.3 is 6.18 Å². The van der Waals surface area contributed by atoms with Gasteiger partial charge in [-0.15, -0.1) is 0 Å². The number of benzene rings is 3. The lowest BCUT2D eigenvalue weighted by atomic mass is 10.1. The SMILES string of the molecule is COc1cc2ncnc(Oc3ccc(NC(=O)c4c5n(n(-c6ccc(F)cc6)c4=O)CCCC5)cc3C(F)(F)F)c2cc1OC. The van der Waals surface area contributed by atoms with Gasteiger partial charge in [-0.3, -0.25) is 14.3 Å². The first-order chi connectivity index (χ1) is 21.6. The maximum absolute atomic E-state index is 14.3. The highest BCUT2D eigenvalue weighted by Gasteiger charge is 2.36. The summed E-state index contributed by atoms with van der Waals surface area (Å²) in [5, 5.41) is 2.72. The maximum Gasteiger partial charge on any atom is 0.420 e. The summed E-state index contributed by atoms with van der Waals surface area (Å²) in [6, 6.07) is 11.3. The summed E-state index contributed by atoms with van der Waals surface area (Å²) in [5.41, 5.74) is -1.08. The minimum Gasteiger partial charge on any atom is -0.493 e. The number of fused-ring (bicyclic) bond motifs is 2. The van der Waals surface area contributed by atoms with Gasteiger partial charge in [-0.05, 0) is 67.8 Å². The maximum atomic E-state index is 14.3. The van der Waals surface area contributed by atoms with Crippen molar-refractivity contribution in [2.45, 2.75) is 32.0 Å². The molecule has 1 amide bonds. The van der Waals surface area contributed by atoms with Gasteiger partial charge in [0.25, 0.3) is 11.5 Å². The van der Waals surface area contributed by atoms with Crippen LogP contribution in [0.2, 0.25) is 0 Å². The van der Waals surface area contributed by atoms with Crippen LogP contribution in [0, 0.1) is 5.82 Å². The van der Waals surface area contributed by atoms with Crippen molar-refractivity contribution in [3.63, 3.8) is 0 Å². The number of hydrogen-bond donors (Lipinski definition) is 1. The molecule has 1 aliphatic rings. The number of carbonyl (C=O) groups is 1. The minimum atomic E-state index is -4.88. The predicted octanol–water partition coefficient (Wildman–Crippen LogP) is 6.14. The lowest BCUT2D eigenvalue weighted by Gasteiger charge is -2.19. The van der Waals surface area contributed by atoms with Crippen LogP contribution in [0.4, 0.5) is 23.2 Å². The van der Waals surface area contributed by atoms with Crippen LogP contribution in [-0.4, -0.2) is 39.5 Å². The van der Waals surface area contributed by atoms with E-state index < -0.39 is 34.8 Å². The Morgan fingerprint density at radius 2 is 1.67 bits per heavy atom. The molecule has 1 N–H and O–H groups in total. The molecule has 0 spiro atoms. The Labute approximate surface area is 252 Å². The average Bonchev–Trinajstić information content (AvgIpc) is 3.32. The third kappa shape index (κ3) is 5.54. The van der Waals surface area contributed by atoms with E-state index in [0.29, 0.717) is 47.8 Å². The fourth-order valence-corrected chi connectivity index (χ4v) is 5.36. The Morgan fingerprint density at radius 1 is 0.933 bits per heavy atom. The van der Waals surface area contributed by atoms with Crippen LogP contribution in [0.1, 0.15) is 34.5 Å². The van der Waals surface area contributed by atoms with E-state index in [2.05, 4.69) is 15.3 Å². The average molecular weight is 624 g/mol. The zero-order valence-electron chi connectivity index (χ0n) is 23.9. The molecule has 0 saturated heterocycles. The molecular weight excluding hydrogens is 598 g/mol. The fourth-order valence-electron chi connectivity index (χ4n) is 5.36. The number of methoxy groups -OCH3 is 2. The summed E-state index contributed by atoms with van der Waals surface area (Å²) < 4.78 is 75.6. The molecule has 45 heavy (non-hydrogen) atoms. The Hall–Kier alpha value is -5.40. The topological polar surface area (TPSA) is 110 Å². The van der Waals surface area contributed by atoms with Gasteiger partial charge in [0.05, 0.1) is 36.5 Å². The van der Waals surface area contributed by atoms with Gasteiger partial charge in [-0.25, -0.2) is 19.0 Å². The standard InChI is InChI=1S/C31H25F4N5O5/c1-43-25-14-20-22(15-26(25)44-2)36-16-37-29(20)45-24-11-8-18(13-21(24)31(33,34)35)38-28(41)27-23-5-3-4-12-39(23)40(30(27)42)19-9-6-17(32)7-10-19/h6-11,13-16H,3-5,12H2,1-2H3,(H,38,41). The van der Waals surface area contributed by atoms with Crippen LogP contribution in [0.3, 0.4) is 0 Å². The Morgan fingerprint density at radius 3 is 2.38 bits per heavy atom. The molecule has 0 bridgehead atoms.